The maximum absolute atomic E-state index is 12.3. The number of amides is 1. The van der Waals surface area contributed by atoms with Crippen LogP contribution in [-0.4, -0.2) is 20.4 Å². The van der Waals surface area contributed by atoms with Crippen molar-refractivity contribution in [2.24, 2.45) is 11.1 Å². The summed E-state index contributed by atoms with van der Waals surface area (Å²) in [5.41, 5.74) is 0.724. The van der Waals surface area contributed by atoms with Gasteiger partial charge in [0.25, 0.3) is 5.91 Å². The quantitative estimate of drug-likeness (QED) is 0.828. The molecule has 3 N–H and O–H groups in total. The average molecular weight is 375 g/mol. The number of carbonyl (C=O) groups is 1. The SMILES string of the molecule is CCCC1CC1NC(=O)c1cc(Br)cc(S(N)(=O)=O)c1C. The van der Waals surface area contributed by atoms with E-state index in [-0.39, 0.29) is 16.8 Å². The monoisotopic (exact) mass is 374 g/mol. The Morgan fingerprint density at radius 1 is 1.48 bits per heavy atom. The number of sulfonamides is 1. The Morgan fingerprint density at radius 3 is 2.71 bits per heavy atom. The number of nitrogens with one attached hydrogen (secondary N) is 1. The molecule has 0 bridgehead atoms. The van der Waals surface area contributed by atoms with Crippen molar-refractivity contribution in [1.29, 1.82) is 0 Å². The minimum Gasteiger partial charge on any atom is -0.349 e. The first-order chi connectivity index (χ1) is 9.74. The number of primary sulfonamides is 1. The highest BCUT2D eigenvalue weighted by atomic mass is 79.9. The molecule has 7 heteroatoms. The van der Waals surface area contributed by atoms with Crippen LogP contribution in [0.5, 0.6) is 0 Å². The van der Waals surface area contributed by atoms with Crippen molar-refractivity contribution in [3.05, 3.63) is 27.7 Å². The third-order valence-electron chi connectivity index (χ3n) is 3.77. The molecule has 0 aromatic heterocycles. The predicted octanol–water partition coefficient (Wildman–Crippen LogP) is 2.32. The van der Waals surface area contributed by atoms with E-state index in [1.807, 2.05) is 0 Å². The molecular weight excluding hydrogens is 356 g/mol. The van der Waals surface area contributed by atoms with Crippen molar-refractivity contribution in [2.75, 3.05) is 0 Å². The van der Waals surface area contributed by atoms with Crippen LogP contribution in [0.15, 0.2) is 21.5 Å². The topological polar surface area (TPSA) is 89.3 Å². The lowest BCUT2D eigenvalue weighted by Gasteiger charge is -2.11. The Kier molecular flexibility index (Phi) is 4.75. The number of halogens is 1. The van der Waals surface area contributed by atoms with Crippen LogP contribution in [0, 0.1) is 12.8 Å². The minimum atomic E-state index is -3.85. The van der Waals surface area contributed by atoms with E-state index in [1.165, 1.54) is 6.07 Å². The summed E-state index contributed by atoms with van der Waals surface area (Å²) in [5.74, 6) is 0.298. The molecule has 1 fully saturated rings. The van der Waals surface area contributed by atoms with Gasteiger partial charge in [0.2, 0.25) is 10.0 Å². The lowest BCUT2D eigenvalue weighted by atomic mass is 10.1. The molecule has 2 atom stereocenters. The van der Waals surface area contributed by atoms with Crippen molar-refractivity contribution >= 4 is 31.9 Å². The molecule has 1 amide bonds. The van der Waals surface area contributed by atoms with Crippen molar-refractivity contribution in [2.45, 2.75) is 44.0 Å². The summed E-state index contributed by atoms with van der Waals surface area (Å²) >= 11 is 3.23. The molecular formula is C14H19BrN2O3S. The molecule has 116 valence electrons. The highest BCUT2D eigenvalue weighted by Gasteiger charge is 2.37. The van der Waals surface area contributed by atoms with Crippen LogP contribution in [0.2, 0.25) is 0 Å². The van der Waals surface area contributed by atoms with Crippen LogP contribution in [0.3, 0.4) is 0 Å². The Bertz CT molecular complexity index is 673. The molecule has 2 unspecified atom stereocenters. The zero-order valence-corrected chi connectivity index (χ0v) is 14.4. The van der Waals surface area contributed by atoms with Crippen molar-refractivity contribution in [3.63, 3.8) is 0 Å². The van der Waals surface area contributed by atoms with Gasteiger partial charge in [0, 0.05) is 16.1 Å². The second kappa shape index (κ2) is 6.06. The summed E-state index contributed by atoms with van der Waals surface area (Å²) in [6, 6.07) is 3.24. The normalized spacial score (nSPS) is 21.1. The van der Waals surface area contributed by atoms with E-state index < -0.39 is 10.0 Å². The van der Waals surface area contributed by atoms with E-state index in [2.05, 4.69) is 28.2 Å². The zero-order valence-electron chi connectivity index (χ0n) is 12.0. The van der Waals surface area contributed by atoms with Gasteiger partial charge in [-0.3, -0.25) is 4.79 Å². The Balaban J connectivity index is 2.24. The van der Waals surface area contributed by atoms with Gasteiger partial charge in [-0.1, -0.05) is 29.3 Å². The van der Waals surface area contributed by atoms with Crippen LogP contribution in [0.1, 0.15) is 42.1 Å². The fourth-order valence-electron chi connectivity index (χ4n) is 2.55. The standard InChI is InChI=1S/C14H19BrN2O3S/c1-3-4-9-5-12(9)17-14(18)11-6-10(15)7-13(8(11)2)21(16,19)20/h6-7,9,12H,3-5H2,1-2H3,(H,17,18)(H2,16,19,20). The van der Waals surface area contributed by atoms with E-state index >= 15 is 0 Å². The van der Waals surface area contributed by atoms with Gasteiger partial charge in [0.15, 0.2) is 0 Å². The molecule has 0 aliphatic heterocycles. The number of benzene rings is 1. The Labute approximate surface area is 133 Å². The molecule has 1 saturated carbocycles. The number of hydrogen-bond donors (Lipinski definition) is 2. The average Bonchev–Trinajstić information content (AvgIpc) is 3.08. The second-order valence-electron chi connectivity index (χ2n) is 5.49. The van der Waals surface area contributed by atoms with Gasteiger partial charge in [0.05, 0.1) is 4.90 Å². The molecule has 0 radical (unpaired) electrons. The maximum atomic E-state index is 12.3. The van der Waals surface area contributed by atoms with Crippen molar-refractivity contribution in [3.8, 4) is 0 Å². The van der Waals surface area contributed by atoms with E-state index in [0.717, 1.165) is 19.3 Å². The Morgan fingerprint density at radius 2 is 2.14 bits per heavy atom. The fourth-order valence-corrected chi connectivity index (χ4v) is 3.98. The third kappa shape index (κ3) is 3.84. The zero-order chi connectivity index (χ0) is 15.8. The highest BCUT2D eigenvalue weighted by molar-refractivity contribution is 9.10. The number of rotatable bonds is 5. The smallest absolute Gasteiger partial charge is 0.251 e. The van der Waals surface area contributed by atoms with Crippen LogP contribution >= 0.6 is 15.9 Å². The lowest BCUT2D eigenvalue weighted by molar-refractivity contribution is 0.0948. The predicted molar refractivity (Wildman–Crippen MR) is 84.5 cm³/mol. The molecule has 0 saturated heterocycles. The van der Waals surface area contributed by atoms with Gasteiger partial charge in [-0.15, -0.1) is 0 Å². The summed E-state index contributed by atoms with van der Waals surface area (Å²) in [6.45, 7) is 3.71. The third-order valence-corrected chi connectivity index (χ3v) is 5.27. The first kappa shape index (κ1) is 16.5. The van der Waals surface area contributed by atoms with Gasteiger partial charge in [0.1, 0.15) is 0 Å². The summed E-state index contributed by atoms with van der Waals surface area (Å²) in [4.78, 5) is 12.3. The van der Waals surface area contributed by atoms with E-state index in [9.17, 15) is 13.2 Å². The summed E-state index contributed by atoms with van der Waals surface area (Å²) < 4.78 is 23.7. The van der Waals surface area contributed by atoms with Crippen LogP contribution in [0.4, 0.5) is 0 Å². The minimum absolute atomic E-state index is 0.0251. The molecule has 1 aliphatic carbocycles. The lowest BCUT2D eigenvalue weighted by Crippen LogP contribution is -2.28. The molecule has 21 heavy (non-hydrogen) atoms. The maximum Gasteiger partial charge on any atom is 0.251 e. The molecule has 5 nitrogen and oxygen atoms in total. The summed E-state index contributed by atoms with van der Waals surface area (Å²) in [5, 5.41) is 8.15. The van der Waals surface area contributed by atoms with Crippen LogP contribution < -0.4 is 10.5 Å². The van der Waals surface area contributed by atoms with Gasteiger partial charge < -0.3 is 5.32 Å². The van der Waals surface area contributed by atoms with Crippen LogP contribution in [0.25, 0.3) is 0 Å². The summed E-state index contributed by atoms with van der Waals surface area (Å²) in [7, 11) is -3.85. The summed E-state index contributed by atoms with van der Waals surface area (Å²) in [6.07, 6.45) is 3.20. The molecule has 2 rings (SSSR count). The Hall–Kier alpha value is -0.920. The second-order valence-corrected chi connectivity index (χ2v) is 7.93. The first-order valence-corrected chi connectivity index (χ1v) is 9.21. The number of hydrogen-bond acceptors (Lipinski definition) is 3. The molecule has 1 aromatic carbocycles. The molecule has 0 spiro atoms. The highest BCUT2D eigenvalue weighted by Crippen LogP contribution is 2.35. The van der Waals surface area contributed by atoms with Crippen molar-refractivity contribution < 1.29 is 13.2 Å². The molecule has 0 heterocycles. The molecule has 1 aliphatic rings. The van der Waals surface area contributed by atoms with E-state index in [0.29, 0.717) is 21.5 Å². The van der Waals surface area contributed by atoms with Crippen LogP contribution in [-0.2, 0) is 10.0 Å². The van der Waals surface area contributed by atoms with Gasteiger partial charge in [-0.25, -0.2) is 13.6 Å². The van der Waals surface area contributed by atoms with Crippen molar-refractivity contribution in [1.82, 2.24) is 5.32 Å². The number of nitrogens with two attached hydrogens (primary N) is 1. The van der Waals surface area contributed by atoms with Gasteiger partial charge >= 0.3 is 0 Å². The largest absolute Gasteiger partial charge is 0.349 e. The van der Waals surface area contributed by atoms with Gasteiger partial charge in [-0.05, 0) is 43.4 Å². The van der Waals surface area contributed by atoms with Gasteiger partial charge in [-0.2, -0.15) is 0 Å². The van der Waals surface area contributed by atoms with E-state index in [4.69, 9.17) is 5.14 Å². The van der Waals surface area contributed by atoms with E-state index in [1.54, 1.807) is 13.0 Å². The molecule has 1 aromatic rings. The number of carbonyl (C=O) groups excluding carboxylic acids is 1. The first-order valence-electron chi connectivity index (χ1n) is 6.87. The fraction of sp³-hybridized carbons (Fsp3) is 0.500.